The molecule has 11 heteroatoms. The average molecular weight is 623 g/mol. The van der Waals surface area contributed by atoms with Crippen molar-refractivity contribution in [3.8, 4) is 22.5 Å². The zero-order valence-electron chi connectivity index (χ0n) is 25.3. The summed E-state index contributed by atoms with van der Waals surface area (Å²) in [5.41, 5.74) is 6.80. The number of carbonyl (C=O) groups is 1. The van der Waals surface area contributed by atoms with E-state index in [4.69, 9.17) is 16.3 Å². The van der Waals surface area contributed by atoms with E-state index in [9.17, 15) is 4.79 Å². The highest BCUT2D eigenvalue weighted by Gasteiger charge is 2.23. The third kappa shape index (κ3) is 6.67. The molecule has 0 aliphatic heterocycles. The van der Waals surface area contributed by atoms with Crippen molar-refractivity contribution < 1.29 is 9.53 Å². The minimum Gasteiger partial charge on any atom is -0.458 e. The van der Waals surface area contributed by atoms with Crippen molar-refractivity contribution >= 4 is 28.5 Å². The molecule has 3 aromatic carbocycles. The molecule has 3 N–H and O–H groups in total. The Labute approximate surface area is 266 Å². The number of para-hydroxylation sites is 1. The van der Waals surface area contributed by atoms with Gasteiger partial charge in [0.25, 0.3) is 0 Å². The molecule has 0 spiro atoms. The second-order valence-corrected chi connectivity index (χ2v) is 11.3. The summed E-state index contributed by atoms with van der Waals surface area (Å²) in [6.07, 6.45) is 5.23. The van der Waals surface area contributed by atoms with Gasteiger partial charge in [0, 0.05) is 42.0 Å². The van der Waals surface area contributed by atoms with E-state index in [1.165, 1.54) is 0 Å². The molecule has 1 atom stereocenters. The number of H-pyrrole nitrogens is 2. The molecule has 0 radical (unpaired) electrons. The first kappa shape index (κ1) is 30.2. The Morgan fingerprint density at radius 2 is 1.82 bits per heavy atom. The number of aromatic amines is 2. The van der Waals surface area contributed by atoms with E-state index in [0.717, 1.165) is 63.8 Å². The van der Waals surface area contributed by atoms with Gasteiger partial charge in [0.05, 0.1) is 5.69 Å². The van der Waals surface area contributed by atoms with Gasteiger partial charge in [-0.1, -0.05) is 91.7 Å². The van der Waals surface area contributed by atoms with E-state index in [1.54, 1.807) is 7.05 Å². The smallest absolute Gasteiger partial charge is 0.323 e. The molecular formula is C34H35ClN8O2. The molecule has 45 heavy (non-hydrogen) atoms. The van der Waals surface area contributed by atoms with Crippen molar-refractivity contribution in [3.63, 3.8) is 0 Å². The van der Waals surface area contributed by atoms with Crippen molar-refractivity contribution in [2.45, 2.75) is 51.8 Å². The number of fused-ring (bicyclic) bond motifs is 1. The molecular weight excluding hydrogens is 588 g/mol. The summed E-state index contributed by atoms with van der Waals surface area (Å²) in [5.74, 6) is 1.08. The highest BCUT2D eigenvalue weighted by atomic mass is 35.5. The Hall–Kier alpha value is -4.80. The van der Waals surface area contributed by atoms with Gasteiger partial charge in [-0.25, -0.2) is 4.98 Å². The zero-order chi connectivity index (χ0) is 31.2. The van der Waals surface area contributed by atoms with Crippen molar-refractivity contribution in [2.75, 3.05) is 7.05 Å². The number of likely N-dealkylation sites (N-methyl/N-ethyl adjacent to an activating group) is 1. The number of aromatic nitrogens is 7. The molecule has 6 aromatic rings. The number of ether oxygens (including phenoxy) is 1. The zero-order valence-corrected chi connectivity index (χ0v) is 26.0. The lowest BCUT2D eigenvalue weighted by Crippen LogP contribution is -2.37. The Morgan fingerprint density at radius 1 is 1.04 bits per heavy atom. The highest BCUT2D eigenvalue weighted by molar-refractivity contribution is 6.30. The van der Waals surface area contributed by atoms with E-state index >= 15 is 0 Å². The predicted octanol–water partition coefficient (Wildman–Crippen LogP) is 6.13. The lowest BCUT2D eigenvalue weighted by Gasteiger charge is -2.17. The number of nitrogens with one attached hydrogen (secondary N) is 3. The van der Waals surface area contributed by atoms with Crippen molar-refractivity contribution in [1.29, 1.82) is 0 Å². The molecule has 3 heterocycles. The number of hydrogen-bond acceptors (Lipinski definition) is 7. The highest BCUT2D eigenvalue weighted by Crippen LogP contribution is 2.30. The first-order valence-electron chi connectivity index (χ1n) is 15.1. The molecule has 0 unspecified atom stereocenters. The quantitative estimate of drug-likeness (QED) is 0.132. The molecule has 230 valence electrons. The number of esters is 1. The van der Waals surface area contributed by atoms with E-state index in [0.29, 0.717) is 29.6 Å². The number of unbranched alkanes of at least 4 members (excludes halogenated alkanes) is 1. The second-order valence-electron chi connectivity index (χ2n) is 10.9. The molecule has 6 rings (SSSR count). The lowest BCUT2D eigenvalue weighted by atomic mass is 9.98. The average Bonchev–Trinajstić information content (AvgIpc) is 3.82. The maximum atomic E-state index is 13.3. The van der Waals surface area contributed by atoms with Gasteiger partial charge in [-0.15, -0.1) is 10.2 Å². The van der Waals surface area contributed by atoms with E-state index in [-0.39, 0.29) is 12.6 Å². The number of halogens is 1. The molecule has 0 saturated heterocycles. The van der Waals surface area contributed by atoms with Crippen LogP contribution >= 0.6 is 11.6 Å². The summed E-state index contributed by atoms with van der Waals surface area (Å²) < 4.78 is 7.95. The van der Waals surface area contributed by atoms with Crippen LogP contribution in [0.3, 0.4) is 0 Å². The van der Waals surface area contributed by atoms with E-state index in [2.05, 4.69) is 77.7 Å². The summed E-state index contributed by atoms with van der Waals surface area (Å²) in [6.45, 7) is 2.72. The Morgan fingerprint density at radius 3 is 2.58 bits per heavy atom. The minimum atomic E-state index is -0.512. The molecule has 10 nitrogen and oxygen atoms in total. The molecule has 3 aromatic heterocycles. The number of nitrogens with zero attached hydrogens (tertiary/aromatic N) is 5. The lowest BCUT2D eigenvalue weighted by molar-refractivity contribution is -0.147. The van der Waals surface area contributed by atoms with Crippen LogP contribution in [0.25, 0.3) is 33.4 Å². The fourth-order valence-corrected chi connectivity index (χ4v) is 5.85. The van der Waals surface area contributed by atoms with Crippen LogP contribution in [0.2, 0.25) is 5.15 Å². The molecule has 0 fully saturated rings. The van der Waals surface area contributed by atoms with Crippen LogP contribution in [0.5, 0.6) is 0 Å². The Balaban J connectivity index is 1.20. The van der Waals surface area contributed by atoms with Crippen LogP contribution in [-0.4, -0.2) is 54.2 Å². The molecule has 0 aliphatic carbocycles. The predicted molar refractivity (Wildman–Crippen MR) is 175 cm³/mol. The third-order valence-corrected chi connectivity index (χ3v) is 8.36. The largest absolute Gasteiger partial charge is 0.458 e. The van der Waals surface area contributed by atoms with Crippen molar-refractivity contribution in [3.05, 3.63) is 107 Å². The number of aryl methyl sites for hydroxylation is 1. The number of imidazole rings is 1. The van der Waals surface area contributed by atoms with E-state index < -0.39 is 6.04 Å². The van der Waals surface area contributed by atoms with Crippen molar-refractivity contribution in [2.24, 2.45) is 0 Å². The molecule has 0 bridgehead atoms. The van der Waals surface area contributed by atoms with Gasteiger partial charge in [-0.3, -0.25) is 4.79 Å². The van der Waals surface area contributed by atoms with Crippen molar-refractivity contribution in [1.82, 2.24) is 40.5 Å². The van der Waals surface area contributed by atoms with Gasteiger partial charge in [0.2, 0.25) is 5.82 Å². The normalized spacial score (nSPS) is 12.1. The van der Waals surface area contributed by atoms with Crippen LogP contribution in [0.15, 0.2) is 79.0 Å². The minimum absolute atomic E-state index is 0.0268. The summed E-state index contributed by atoms with van der Waals surface area (Å²) in [6, 6.07) is 23.9. The first-order valence-corrected chi connectivity index (χ1v) is 15.5. The maximum absolute atomic E-state index is 13.3. The number of benzene rings is 3. The Bertz CT molecular complexity index is 1880. The van der Waals surface area contributed by atoms with Gasteiger partial charge in [0.15, 0.2) is 5.15 Å². The molecule has 0 amide bonds. The number of hydrogen-bond donors (Lipinski definition) is 3. The SMILES string of the molecule is CCCCc1nc(Cl)c(COC(=O)[C@H](Cc2c[nH]c3ccccc23)NC)n1Cc1ccc(-c2ccccc2-c2nn[nH]n2)cc1. The van der Waals surface area contributed by atoms with Crippen LogP contribution in [0.1, 0.15) is 42.4 Å². The number of rotatable bonds is 13. The van der Waals surface area contributed by atoms with Crippen LogP contribution in [0, 0.1) is 0 Å². The standard InChI is InChI=1S/C34H35ClN8O2/c1-3-4-13-31-38-32(35)30(21-45-34(44)29(36-2)18-24-19-37-28-12-8-7-10-26(24)28)43(31)20-22-14-16-23(17-15-22)25-9-5-6-11-27(25)33-39-41-42-40-33/h5-12,14-17,19,29,36-37H,3-4,13,18,20-21H2,1-2H3,(H,39,40,41,42)/t29-/m0/s1. The summed E-state index contributed by atoms with van der Waals surface area (Å²) >= 11 is 6.68. The van der Waals surface area contributed by atoms with Gasteiger partial charge in [-0.2, -0.15) is 5.21 Å². The fourth-order valence-electron chi connectivity index (χ4n) is 5.60. The van der Waals surface area contributed by atoms with Crippen LogP contribution in [0.4, 0.5) is 0 Å². The van der Waals surface area contributed by atoms with Crippen LogP contribution in [-0.2, 0) is 35.5 Å². The van der Waals surface area contributed by atoms with Crippen LogP contribution < -0.4 is 5.32 Å². The van der Waals surface area contributed by atoms with Gasteiger partial charge in [-0.05, 0) is 47.0 Å². The fraction of sp³-hybridized carbons (Fsp3) is 0.265. The van der Waals surface area contributed by atoms with E-state index in [1.807, 2.05) is 48.7 Å². The van der Waals surface area contributed by atoms with Gasteiger partial charge >= 0.3 is 5.97 Å². The monoisotopic (exact) mass is 622 g/mol. The Kier molecular flexibility index (Phi) is 9.33. The maximum Gasteiger partial charge on any atom is 0.323 e. The number of tetrazole rings is 1. The molecule has 0 aliphatic rings. The number of carbonyl (C=O) groups excluding carboxylic acids is 1. The summed E-state index contributed by atoms with van der Waals surface area (Å²) in [5, 5.41) is 19.1. The molecule has 0 saturated carbocycles. The summed E-state index contributed by atoms with van der Waals surface area (Å²) in [7, 11) is 1.77. The van der Waals surface area contributed by atoms with Gasteiger partial charge in [0.1, 0.15) is 18.5 Å². The second kappa shape index (κ2) is 13.9. The van der Waals surface area contributed by atoms with Gasteiger partial charge < -0.3 is 19.6 Å². The summed E-state index contributed by atoms with van der Waals surface area (Å²) in [4.78, 5) is 21.2. The first-order chi connectivity index (χ1) is 22.1. The topological polar surface area (TPSA) is 126 Å². The third-order valence-electron chi connectivity index (χ3n) is 8.06.